The molecule has 0 fully saturated rings. The molecule has 0 unspecified atom stereocenters. The van der Waals surface area contributed by atoms with Crippen molar-refractivity contribution in [3.05, 3.63) is 30.0 Å². The van der Waals surface area contributed by atoms with Gasteiger partial charge in [0, 0.05) is 11.3 Å². The Morgan fingerprint density at radius 2 is 2.24 bits per heavy atom. The monoisotopic (exact) mass is 312 g/mol. The standard InChI is InChI=1S/C12H16N4O4S/c1-2-20-10-4-3-9(5-8(10)7-17)16-21(18,19)11-6-14-15-12(11)13/h3-6,16-17H,2,7H2,1H3,(H3,13,14,15). The van der Waals surface area contributed by atoms with Crippen LogP contribution in [0.4, 0.5) is 11.5 Å². The van der Waals surface area contributed by atoms with Crippen LogP contribution in [0.1, 0.15) is 12.5 Å². The molecule has 21 heavy (non-hydrogen) atoms. The Bertz CT molecular complexity index is 727. The molecule has 0 bridgehead atoms. The molecule has 2 aromatic rings. The van der Waals surface area contributed by atoms with Gasteiger partial charge in [0.1, 0.15) is 16.5 Å². The zero-order valence-corrected chi connectivity index (χ0v) is 12.1. The van der Waals surface area contributed by atoms with Gasteiger partial charge in [-0.3, -0.25) is 9.82 Å². The van der Waals surface area contributed by atoms with E-state index in [-0.39, 0.29) is 17.3 Å². The first kappa shape index (κ1) is 15.1. The van der Waals surface area contributed by atoms with E-state index in [9.17, 15) is 13.5 Å². The molecule has 0 saturated carbocycles. The zero-order chi connectivity index (χ0) is 15.5. The lowest BCUT2D eigenvalue weighted by atomic mass is 10.2. The van der Waals surface area contributed by atoms with Crippen LogP contribution in [-0.2, 0) is 16.6 Å². The van der Waals surface area contributed by atoms with Crippen LogP contribution in [0.2, 0.25) is 0 Å². The van der Waals surface area contributed by atoms with Gasteiger partial charge in [0.05, 0.1) is 19.4 Å². The van der Waals surface area contributed by atoms with Crippen LogP contribution < -0.4 is 15.2 Å². The molecule has 0 spiro atoms. The number of benzene rings is 1. The summed E-state index contributed by atoms with van der Waals surface area (Å²) in [5.41, 5.74) is 6.28. The number of nitrogens with one attached hydrogen (secondary N) is 2. The van der Waals surface area contributed by atoms with Crippen LogP contribution in [0, 0.1) is 0 Å². The number of aromatic nitrogens is 2. The first-order chi connectivity index (χ1) is 9.97. The van der Waals surface area contributed by atoms with Crippen molar-refractivity contribution in [3.63, 3.8) is 0 Å². The second-order valence-corrected chi connectivity index (χ2v) is 5.82. The highest BCUT2D eigenvalue weighted by Crippen LogP contribution is 2.25. The highest BCUT2D eigenvalue weighted by molar-refractivity contribution is 7.92. The number of nitrogens with two attached hydrogens (primary N) is 1. The maximum atomic E-state index is 12.1. The third-order valence-corrected chi connectivity index (χ3v) is 4.11. The van der Waals surface area contributed by atoms with E-state index in [2.05, 4.69) is 14.9 Å². The molecule has 9 heteroatoms. The largest absolute Gasteiger partial charge is 0.494 e. The van der Waals surface area contributed by atoms with Crippen molar-refractivity contribution in [1.82, 2.24) is 10.2 Å². The van der Waals surface area contributed by atoms with Crippen LogP contribution in [0.5, 0.6) is 5.75 Å². The van der Waals surface area contributed by atoms with E-state index < -0.39 is 10.0 Å². The van der Waals surface area contributed by atoms with Crippen LogP contribution in [0.15, 0.2) is 29.3 Å². The molecule has 114 valence electrons. The van der Waals surface area contributed by atoms with Crippen molar-refractivity contribution < 1.29 is 18.3 Å². The van der Waals surface area contributed by atoms with Gasteiger partial charge < -0.3 is 15.6 Å². The molecule has 8 nitrogen and oxygen atoms in total. The summed E-state index contributed by atoms with van der Waals surface area (Å²) in [6, 6.07) is 4.63. The molecule has 2 rings (SSSR count). The minimum atomic E-state index is -3.84. The van der Waals surface area contributed by atoms with E-state index in [4.69, 9.17) is 10.5 Å². The SMILES string of the molecule is CCOc1ccc(NS(=O)(=O)c2cn[nH]c2N)cc1CO. The maximum Gasteiger partial charge on any atom is 0.267 e. The number of nitrogen functional groups attached to an aromatic ring is 1. The molecule has 0 saturated heterocycles. The van der Waals surface area contributed by atoms with E-state index in [1.165, 1.54) is 12.1 Å². The average Bonchev–Trinajstić information content (AvgIpc) is 2.87. The Balaban J connectivity index is 2.30. The summed E-state index contributed by atoms with van der Waals surface area (Å²) >= 11 is 0. The number of rotatable bonds is 6. The van der Waals surface area contributed by atoms with E-state index in [0.717, 1.165) is 6.20 Å². The molecule has 1 aromatic heterocycles. The smallest absolute Gasteiger partial charge is 0.267 e. The number of nitrogens with zero attached hydrogens (tertiary/aromatic N) is 1. The van der Waals surface area contributed by atoms with Gasteiger partial charge in [0.15, 0.2) is 0 Å². The minimum absolute atomic E-state index is 0.0455. The van der Waals surface area contributed by atoms with E-state index in [1.807, 2.05) is 6.92 Å². The fraction of sp³-hybridized carbons (Fsp3) is 0.250. The van der Waals surface area contributed by atoms with E-state index in [1.54, 1.807) is 6.07 Å². The number of H-pyrrole nitrogens is 1. The van der Waals surface area contributed by atoms with Crippen LogP contribution in [-0.4, -0.2) is 30.3 Å². The van der Waals surface area contributed by atoms with Crippen LogP contribution in [0.25, 0.3) is 0 Å². The maximum absolute atomic E-state index is 12.1. The fourth-order valence-corrected chi connectivity index (χ4v) is 2.85. The Kier molecular flexibility index (Phi) is 4.34. The van der Waals surface area contributed by atoms with Gasteiger partial charge in [-0.2, -0.15) is 5.10 Å². The summed E-state index contributed by atoms with van der Waals surface area (Å²) in [5.74, 6) is 0.460. The van der Waals surface area contributed by atoms with E-state index >= 15 is 0 Å². The number of sulfonamides is 1. The molecule has 0 radical (unpaired) electrons. The Labute approximate surface area is 122 Å². The summed E-state index contributed by atoms with van der Waals surface area (Å²) in [6.07, 6.45) is 1.12. The molecule has 0 aliphatic rings. The van der Waals surface area contributed by atoms with Crippen LogP contribution in [0.3, 0.4) is 0 Å². The van der Waals surface area contributed by atoms with Crippen molar-refractivity contribution in [2.24, 2.45) is 0 Å². The zero-order valence-electron chi connectivity index (χ0n) is 11.3. The lowest BCUT2D eigenvalue weighted by molar-refractivity contribution is 0.267. The molecule has 0 aliphatic carbocycles. The number of hydrogen-bond donors (Lipinski definition) is 4. The van der Waals surface area contributed by atoms with Crippen molar-refractivity contribution in [2.45, 2.75) is 18.4 Å². The first-order valence-corrected chi connectivity index (χ1v) is 7.64. The van der Waals surface area contributed by atoms with Gasteiger partial charge in [0.2, 0.25) is 0 Å². The molecule has 5 N–H and O–H groups in total. The average molecular weight is 312 g/mol. The van der Waals surface area contributed by atoms with Crippen molar-refractivity contribution >= 4 is 21.5 Å². The van der Waals surface area contributed by atoms with E-state index in [0.29, 0.717) is 23.6 Å². The Hall–Kier alpha value is -2.26. The summed E-state index contributed by atoms with van der Waals surface area (Å²) in [7, 11) is -3.84. The van der Waals surface area contributed by atoms with Gasteiger partial charge in [-0.25, -0.2) is 8.42 Å². The predicted molar refractivity (Wildman–Crippen MR) is 77.3 cm³/mol. The number of hydrogen-bond acceptors (Lipinski definition) is 6. The number of aromatic amines is 1. The Morgan fingerprint density at radius 1 is 1.48 bits per heavy atom. The fourth-order valence-electron chi connectivity index (χ4n) is 1.77. The van der Waals surface area contributed by atoms with Crippen molar-refractivity contribution in [3.8, 4) is 5.75 Å². The molecule has 1 aromatic carbocycles. The van der Waals surface area contributed by atoms with Crippen molar-refractivity contribution in [2.75, 3.05) is 17.1 Å². The highest BCUT2D eigenvalue weighted by atomic mass is 32.2. The van der Waals surface area contributed by atoms with Gasteiger partial charge in [-0.1, -0.05) is 0 Å². The number of aliphatic hydroxyl groups excluding tert-OH is 1. The third-order valence-electron chi connectivity index (χ3n) is 2.70. The van der Waals surface area contributed by atoms with Crippen LogP contribution >= 0.6 is 0 Å². The second kappa shape index (κ2) is 6.02. The quantitative estimate of drug-likeness (QED) is 0.620. The molecule has 1 heterocycles. The summed E-state index contributed by atoms with van der Waals surface area (Å²) in [5, 5.41) is 15.2. The number of anilines is 2. The molecule has 0 aliphatic heterocycles. The van der Waals surface area contributed by atoms with Gasteiger partial charge in [-0.05, 0) is 25.1 Å². The summed E-state index contributed by atoms with van der Waals surface area (Å²) in [6.45, 7) is 2.00. The topological polar surface area (TPSA) is 130 Å². The van der Waals surface area contributed by atoms with Gasteiger partial charge in [-0.15, -0.1) is 0 Å². The molecular formula is C12H16N4O4S. The highest BCUT2D eigenvalue weighted by Gasteiger charge is 2.19. The second-order valence-electron chi connectivity index (χ2n) is 4.17. The molecular weight excluding hydrogens is 296 g/mol. The third kappa shape index (κ3) is 3.26. The lowest BCUT2D eigenvalue weighted by Crippen LogP contribution is -2.14. The summed E-state index contributed by atoms with van der Waals surface area (Å²) < 4.78 is 32.0. The molecule has 0 atom stereocenters. The summed E-state index contributed by atoms with van der Waals surface area (Å²) in [4.78, 5) is -0.137. The van der Waals surface area contributed by atoms with Gasteiger partial charge in [0.25, 0.3) is 10.0 Å². The van der Waals surface area contributed by atoms with Gasteiger partial charge >= 0.3 is 0 Å². The van der Waals surface area contributed by atoms with Crippen molar-refractivity contribution in [1.29, 1.82) is 0 Å². The number of aliphatic hydroxyl groups is 1. The normalized spacial score (nSPS) is 11.3. The first-order valence-electron chi connectivity index (χ1n) is 6.16. The Morgan fingerprint density at radius 3 is 2.81 bits per heavy atom. The lowest BCUT2D eigenvalue weighted by Gasteiger charge is -2.12. The minimum Gasteiger partial charge on any atom is -0.494 e. The molecule has 0 amide bonds. The predicted octanol–water partition coefficient (Wildman–Crippen LogP) is 0.684. The number of ether oxygens (including phenoxy) is 1.